The van der Waals surface area contributed by atoms with Gasteiger partial charge in [0.2, 0.25) is 5.79 Å². The van der Waals surface area contributed by atoms with Crippen molar-refractivity contribution in [2.24, 2.45) is 0 Å². The molecule has 0 amide bonds. The molecule has 0 unspecified atom stereocenters. The smallest absolute Gasteiger partial charge is 0.204 e. The number of hydrogen-bond donors (Lipinski definition) is 0. The average Bonchev–Trinajstić information content (AvgIpc) is 2.17. The monoisotopic (exact) mass is 222 g/mol. The predicted octanol–water partition coefficient (Wildman–Crippen LogP) is 3.96. The van der Waals surface area contributed by atoms with Crippen LogP contribution in [-0.2, 0) is 4.74 Å². The van der Waals surface area contributed by atoms with Gasteiger partial charge in [-0.05, 0) is 30.5 Å². The van der Waals surface area contributed by atoms with E-state index in [2.05, 4.69) is 26.0 Å². The van der Waals surface area contributed by atoms with E-state index in [4.69, 9.17) is 9.47 Å². The molecule has 0 aliphatic carbocycles. The maximum absolute atomic E-state index is 5.75. The summed E-state index contributed by atoms with van der Waals surface area (Å²) < 4.78 is 11.2. The topological polar surface area (TPSA) is 18.5 Å². The van der Waals surface area contributed by atoms with E-state index in [0.29, 0.717) is 12.5 Å². The minimum atomic E-state index is -0.561. The van der Waals surface area contributed by atoms with Crippen molar-refractivity contribution in [3.05, 3.63) is 29.8 Å². The van der Waals surface area contributed by atoms with Gasteiger partial charge in [0, 0.05) is 20.5 Å². The van der Waals surface area contributed by atoms with Crippen LogP contribution in [0, 0.1) is 0 Å². The Morgan fingerprint density at radius 2 is 1.69 bits per heavy atom. The van der Waals surface area contributed by atoms with E-state index in [1.54, 1.807) is 0 Å². The van der Waals surface area contributed by atoms with Crippen LogP contribution < -0.4 is 4.74 Å². The molecule has 0 bridgehead atoms. The van der Waals surface area contributed by atoms with Crippen molar-refractivity contribution in [1.82, 2.24) is 0 Å². The van der Waals surface area contributed by atoms with Gasteiger partial charge in [-0.25, -0.2) is 0 Å². The van der Waals surface area contributed by atoms with Crippen LogP contribution in [0.5, 0.6) is 5.75 Å². The molecule has 16 heavy (non-hydrogen) atoms. The van der Waals surface area contributed by atoms with Gasteiger partial charge in [-0.2, -0.15) is 0 Å². The maximum Gasteiger partial charge on any atom is 0.204 e. The molecule has 0 spiro atoms. The molecule has 0 aliphatic rings. The molecule has 2 heteroatoms. The molecule has 2 nitrogen and oxygen atoms in total. The summed E-state index contributed by atoms with van der Waals surface area (Å²) in [5, 5.41) is 0. The normalized spacial score (nSPS) is 11.9. The number of ether oxygens (including phenoxy) is 2. The Kier molecular flexibility index (Phi) is 4.36. The maximum atomic E-state index is 5.75. The second kappa shape index (κ2) is 5.35. The molecular weight excluding hydrogens is 200 g/mol. The molecule has 0 radical (unpaired) electrons. The molecule has 0 atom stereocenters. The number of benzene rings is 1. The van der Waals surface area contributed by atoms with Crippen LogP contribution in [-0.4, -0.2) is 12.4 Å². The van der Waals surface area contributed by atoms with Gasteiger partial charge in [0.05, 0.1) is 0 Å². The fraction of sp³-hybridized carbons (Fsp3) is 0.571. The summed E-state index contributed by atoms with van der Waals surface area (Å²) in [5.74, 6) is 0.838. The molecule has 1 rings (SSSR count). The second-order valence-corrected chi connectivity index (χ2v) is 4.66. The Morgan fingerprint density at radius 3 is 2.12 bits per heavy atom. The fourth-order valence-electron chi connectivity index (χ4n) is 1.58. The van der Waals surface area contributed by atoms with Gasteiger partial charge in [0.15, 0.2) is 0 Å². The first-order valence-corrected chi connectivity index (χ1v) is 5.87. The van der Waals surface area contributed by atoms with E-state index in [1.165, 1.54) is 5.56 Å². The van der Waals surface area contributed by atoms with Crippen molar-refractivity contribution in [3.63, 3.8) is 0 Å². The highest BCUT2D eigenvalue weighted by molar-refractivity contribution is 5.29. The van der Waals surface area contributed by atoms with Crippen molar-refractivity contribution in [2.75, 3.05) is 6.61 Å². The highest BCUT2D eigenvalue weighted by Crippen LogP contribution is 2.22. The van der Waals surface area contributed by atoms with Gasteiger partial charge in [-0.3, -0.25) is 0 Å². The van der Waals surface area contributed by atoms with Gasteiger partial charge >= 0.3 is 0 Å². The summed E-state index contributed by atoms with van der Waals surface area (Å²) in [7, 11) is 0. The van der Waals surface area contributed by atoms with Gasteiger partial charge < -0.3 is 9.47 Å². The van der Waals surface area contributed by atoms with Crippen LogP contribution in [0.2, 0.25) is 0 Å². The number of hydrogen-bond acceptors (Lipinski definition) is 2. The molecule has 0 saturated heterocycles. The molecule has 90 valence electrons. The fourth-order valence-corrected chi connectivity index (χ4v) is 1.58. The van der Waals surface area contributed by atoms with E-state index < -0.39 is 5.79 Å². The lowest BCUT2D eigenvalue weighted by atomic mass is 10.0. The van der Waals surface area contributed by atoms with Crippen LogP contribution in [0.4, 0.5) is 0 Å². The average molecular weight is 222 g/mol. The zero-order chi connectivity index (χ0) is 12.2. The largest absolute Gasteiger partial charge is 0.463 e. The predicted molar refractivity (Wildman–Crippen MR) is 66.9 cm³/mol. The van der Waals surface area contributed by atoms with E-state index in [0.717, 1.165) is 5.75 Å². The third-order valence-electron chi connectivity index (χ3n) is 2.40. The first-order chi connectivity index (χ1) is 7.44. The molecule has 1 aromatic rings. The zero-order valence-electron chi connectivity index (χ0n) is 10.9. The highest BCUT2D eigenvalue weighted by atomic mass is 16.7. The SMILES string of the molecule is CCOC(C)(C)Oc1ccc(C(C)C)cc1. The summed E-state index contributed by atoms with van der Waals surface area (Å²) in [6.07, 6.45) is 0. The summed E-state index contributed by atoms with van der Waals surface area (Å²) >= 11 is 0. The van der Waals surface area contributed by atoms with Crippen LogP contribution in [0.25, 0.3) is 0 Å². The van der Waals surface area contributed by atoms with E-state index >= 15 is 0 Å². The van der Waals surface area contributed by atoms with Crippen molar-refractivity contribution >= 4 is 0 Å². The summed E-state index contributed by atoms with van der Waals surface area (Å²) in [6, 6.07) is 8.19. The van der Waals surface area contributed by atoms with Gasteiger partial charge in [-0.1, -0.05) is 26.0 Å². The molecule has 1 aromatic carbocycles. The van der Waals surface area contributed by atoms with Crippen LogP contribution in [0.3, 0.4) is 0 Å². The molecule has 0 saturated carbocycles. The Hall–Kier alpha value is -1.02. The van der Waals surface area contributed by atoms with E-state index in [1.807, 2.05) is 32.9 Å². The Balaban J connectivity index is 2.68. The van der Waals surface area contributed by atoms with Crippen molar-refractivity contribution in [2.45, 2.75) is 46.3 Å². The standard InChI is InChI=1S/C14H22O2/c1-6-15-14(4,5)16-13-9-7-12(8-10-13)11(2)3/h7-11H,6H2,1-5H3. The minimum absolute atomic E-state index is 0.550. The molecule has 0 aromatic heterocycles. The lowest BCUT2D eigenvalue weighted by Gasteiger charge is -2.26. The molecule has 0 aliphatic heterocycles. The quantitative estimate of drug-likeness (QED) is 0.702. The first-order valence-electron chi connectivity index (χ1n) is 5.87. The van der Waals surface area contributed by atoms with E-state index in [9.17, 15) is 0 Å². The zero-order valence-corrected chi connectivity index (χ0v) is 10.9. The summed E-state index contributed by atoms with van der Waals surface area (Å²) in [5.41, 5.74) is 1.32. The molecule has 0 N–H and O–H groups in total. The van der Waals surface area contributed by atoms with Crippen molar-refractivity contribution in [3.8, 4) is 5.75 Å². The third-order valence-corrected chi connectivity index (χ3v) is 2.40. The second-order valence-electron chi connectivity index (χ2n) is 4.66. The van der Waals surface area contributed by atoms with E-state index in [-0.39, 0.29) is 0 Å². The lowest BCUT2D eigenvalue weighted by Crippen LogP contribution is -2.31. The van der Waals surface area contributed by atoms with Crippen molar-refractivity contribution in [1.29, 1.82) is 0 Å². The Morgan fingerprint density at radius 1 is 1.12 bits per heavy atom. The first kappa shape index (κ1) is 13.0. The lowest BCUT2D eigenvalue weighted by molar-refractivity contribution is -0.152. The van der Waals surface area contributed by atoms with Gasteiger partial charge in [0.1, 0.15) is 5.75 Å². The van der Waals surface area contributed by atoms with Gasteiger partial charge in [0.25, 0.3) is 0 Å². The Bertz CT molecular complexity index is 312. The molecular formula is C14H22O2. The molecule has 0 heterocycles. The highest BCUT2D eigenvalue weighted by Gasteiger charge is 2.19. The van der Waals surface area contributed by atoms with Crippen molar-refractivity contribution < 1.29 is 9.47 Å². The minimum Gasteiger partial charge on any atom is -0.463 e. The van der Waals surface area contributed by atoms with Crippen LogP contribution in [0.1, 0.15) is 46.1 Å². The van der Waals surface area contributed by atoms with Gasteiger partial charge in [-0.15, -0.1) is 0 Å². The summed E-state index contributed by atoms with van der Waals surface area (Å²) in [6.45, 7) is 10.8. The summed E-state index contributed by atoms with van der Waals surface area (Å²) in [4.78, 5) is 0. The van der Waals surface area contributed by atoms with Crippen LogP contribution in [0.15, 0.2) is 24.3 Å². The molecule has 0 fully saturated rings. The Labute approximate surface area is 98.6 Å². The van der Waals surface area contributed by atoms with Crippen LogP contribution >= 0.6 is 0 Å². The third kappa shape index (κ3) is 3.86. The number of rotatable bonds is 5.